The maximum Gasteiger partial charge on any atom is 0.323 e. The van der Waals surface area contributed by atoms with Crippen molar-refractivity contribution in [3.63, 3.8) is 0 Å². The lowest BCUT2D eigenvalue weighted by Gasteiger charge is -2.28. The third-order valence-electron chi connectivity index (χ3n) is 5.43. The summed E-state index contributed by atoms with van der Waals surface area (Å²) in [6.07, 6.45) is 2.24. The fourth-order valence-corrected chi connectivity index (χ4v) is 5.30. The zero-order chi connectivity index (χ0) is 21.6. The van der Waals surface area contributed by atoms with Gasteiger partial charge >= 0.3 is 5.97 Å². The monoisotopic (exact) mass is 440 g/mol. The van der Waals surface area contributed by atoms with Gasteiger partial charge in [-0.1, -0.05) is 13.8 Å². The first-order valence-corrected chi connectivity index (χ1v) is 12.0. The van der Waals surface area contributed by atoms with Gasteiger partial charge in [0.1, 0.15) is 25.0 Å². The number of ether oxygens (including phenoxy) is 3. The summed E-state index contributed by atoms with van der Waals surface area (Å²) in [5.74, 6) is 0.520. The average molecular weight is 441 g/mol. The zero-order valence-corrected chi connectivity index (χ0v) is 18.6. The van der Waals surface area contributed by atoms with Gasteiger partial charge in [0, 0.05) is 13.1 Å². The molecule has 9 heteroatoms. The molecular formula is C21H32N2O6S. The van der Waals surface area contributed by atoms with Crippen LogP contribution in [0.4, 0.5) is 0 Å². The Morgan fingerprint density at radius 3 is 2.27 bits per heavy atom. The Balaban J connectivity index is 1.46. The molecule has 2 saturated heterocycles. The predicted molar refractivity (Wildman–Crippen MR) is 112 cm³/mol. The topological polar surface area (TPSA) is 85.4 Å². The molecule has 0 unspecified atom stereocenters. The summed E-state index contributed by atoms with van der Waals surface area (Å²) in [5, 5.41) is 0. The molecule has 0 aromatic heterocycles. The van der Waals surface area contributed by atoms with E-state index in [0.717, 1.165) is 25.9 Å². The Hall–Kier alpha value is -1.68. The van der Waals surface area contributed by atoms with Crippen molar-refractivity contribution in [2.45, 2.75) is 37.6 Å². The summed E-state index contributed by atoms with van der Waals surface area (Å²) < 4.78 is 43.0. The molecule has 0 amide bonds. The van der Waals surface area contributed by atoms with Crippen molar-refractivity contribution < 1.29 is 27.4 Å². The van der Waals surface area contributed by atoms with Gasteiger partial charge in [0.25, 0.3) is 0 Å². The SMILES string of the molecule is CC(C)[C@@H](C(=O)OCCOc1ccc(S(=O)(=O)N2CCOCC2)cc1)N1CCCC1. The molecule has 30 heavy (non-hydrogen) atoms. The van der Waals surface area contributed by atoms with Crippen LogP contribution in [0.3, 0.4) is 0 Å². The molecule has 168 valence electrons. The summed E-state index contributed by atoms with van der Waals surface area (Å²) >= 11 is 0. The maximum atomic E-state index is 12.6. The summed E-state index contributed by atoms with van der Waals surface area (Å²) in [5.41, 5.74) is 0. The van der Waals surface area contributed by atoms with Gasteiger partial charge in [-0.25, -0.2) is 8.42 Å². The van der Waals surface area contributed by atoms with E-state index < -0.39 is 10.0 Å². The highest BCUT2D eigenvalue weighted by atomic mass is 32.2. The first-order valence-electron chi connectivity index (χ1n) is 10.6. The van der Waals surface area contributed by atoms with Gasteiger partial charge < -0.3 is 14.2 Å². The van der Waals surface area contributed by atoms with Crippen molar-refractivity contribution >= 4 is 16.0 Å². The highest BCUT2D eigenvalue weighted by molar-refractivity contribution is 7.89. The van der Waals surface area contributed by atoms with E-state index in [1.807, 2.05) is 13.8 Å². The second-order valence-electron chi connectivity index (χ2n) is 7.94. The van der Waals surface area contributed by atoms with E-state index >= 15 is 0 Å². The van der Waals surface area contributed by atoms with Gasteiger partial charge in [0.2, 0.25) is 10.0 Å². The quantitative estimate of drug-likeness (QED) is 0.427. The van der Waals surface area contributed by atoms with Crippen molar-refractivity contribution in [3.8, 4) is 5.75 Å². The van der Waals surface area contributed by atoms with E-state index in [1.54, 1.807) is 12.1 Å². The molecule has 0 spiro atoms. The molecule has 2 aliphatic rings. The normalized spacial score (nSPS) is 19.7. The Kier molecular flexibility index (Phi) is 8.10. The highest BCUT2D eigenvalue weighted by Gasteiger charge is 2.32. The number of hydrogen-bond donors (Lipinski definition) is 0. The molecule has 0 aliphatic carbocycles. The van der Waals surface area contributed by atoms with Gasteiger partial charge in [-0.05, 0) is 56.1 Å². The Labute approximate surface area is 179 Å². The van der Waals surface area contributed by atoms with Crippen molar-refractivity contribution in [2.24, 2.45) is 5.92 Å². The van der Waals surface area contributed by atoms with E-state index in [-0.39, 0.29) is 36.0 Å². The molecule has 1 aromatic rings. The molecule has 0 radical (unpaired) electrons. The smallest absolute Gasteiger partial charge is 0.323 e. The Morgan fingerprint density at radius 2 is 1.67 bits per heavy atom. The van der Waals surface area contributed by atoms with E-state index in [2.05, 4.69) is 4.90 Å². The van der Waals surface area contributed by atoms with Crippen LogP contribution >= 0.6 is 0 Å². The lowest BCUT2D eigenvalue weighted by Crippen LogP contribution is -2.44. The molecular weight excluding hydrogens is 408 g/mol. The molecule has 0 bridgehead atoms. The van der Waals surface area contributed by atoms with Crippen LogP contribution in [-0.4, -0.2) is 82.2 Å². The maximum absolute atomic E-state index is 12.6. The summed E-state index contributed by atoms with van der Waals surface area (Å²) in [4.78, 5) is 14.9. The number of benzene rings is 1. The van der Waals surface area contributed by atoms with Gasteiger partial charge in [0.15, 0.2) is 0 Å². The minimum Gasteiger partial charge on any atom is -0.490 e. The first-order chi connectivity index (χ1) is 14.4. The number of morpholine rings is 1. The summed E-state index contributed by atoms with van der Waals surface area (Å²) in [6, 6.07) is 6.10. The molecule has 0 saturated carbocycles. The number of esters is 1. The molecule has 2 heterocycles. The van der Waals surface area contributed by atoms with Crippen LogP contribution in [-0.2, 0) is 24.3 Å². The van der Waals surface area contributed by atoms with E-state index in [9.17, 15) is 13.2 Å². The van der Waals surface area contributed by atoms with Crippen LogP contribution in [0, 0.1) is 5.92 Å². The predicted octanol–water partition coefficient (Wildman–Crippen LogP) is 1.75. The number of nitrogens with zero attached hydrogens (tertiary/aromatic N) is 2. The van der Waals surface area contributed by atoms with E-state index in [1.165, 1.54) is 16.4 Å². The minimum absolute atomic E-state index is 0.156. The van der Waals surface area contributed by atoms with Crippen molar-refractivity contribution in [1.29, 1.82) is 0 Å². The van der Waals surface area contributed by atoms with Crippen LogP contribution in [0.2, 0.25) is 0 Å². The molecule has 1 aromatic carbocycles. The molecule has 1 atom stereocenters. The van der Waals surface area contributed by atoms with Gasteiger partial charge in [0.05, 0.1) is 18.1 Å². The minimum atomic E-state index is -3.52. The van der Waals surface area contributed by atoms with Crippen LogP contribution in [0.5, 0.6) is 5.75 Å². The third-order valence-corrected chi connectivity index (χ3v) is 7.35. The number of likely N-dealkylation sites (tertiary alicyclic amines) is 1. The largest absolute Gasteiger partial charge is 0.490 e. The highest BCUT2D eigenvalue weighted by Crippen LogP contribution is 2.21. The van der Waals surface area contributed by atoms with Crippen LogP contribution in [0.1, 0.15) is 26.7 Å². The van der Waals surface area contributed by atoms with Crippen molar-refractivity contribution in [2.75, 3.05) is 52.6 Å². The van der Waals surface area contributed by atoms with E-state index in [4.69, 9.17) is 14.2 Å². The fourth-order valence-electron chi connectivity index (χ4n) is 3.89. The van der Waals surface area contributed by atoms with Crippen molar-refractivity contribution in [1.82, 2.24) is 9.21 Å². The van der Waals surface area contributed by atoms with Gasteiger partial charge in [-0.2, -0.15) is 4.31 Å². The average Bonchev–Trinajstić information content (AvgIpc) is 3.26. The zero-order valence-electron chi connectivity index (χ0n) is 17.8. The van der Waals surface area contributed by atoms with Crippen LogP contribution in [0.15, 0.2) is 29.2 Å². The first kappa shape index (κ1) is 23.0. The number of carbonyl (C=O) groups excluding carboxylic acids is 1. The fraction of sp³-hybridized carbons (Fsp3) is 0.667. The number of rotatable bonds is 9. The van der Waals surface area contributed by atoms with Crippen LogP contribution in [0.25, 0.3) is 0 Å². The van der Waals surface area contributed by atoms with Gasteiger partial charge in [-0.3, -0.25) is 9.69 Å². The second kappa shape index (κ2) is 10.6. The third kappa shape index (κ3) is 5.72. The molecule has 3 rings (SSSR count). The number of hydrogen-bond acceptors (Lipinski definition) is 7. The number of sulfonamides is 1. The summed E-state index contributed by atoms with van der Waals surface area (Å²) in [6.45, 7) is 7.86. The summed E-state index contributed by atoms with van der Waals surface area (Å²) in [7, 11) is -3.52. The van der Waals surface area contributed by atoms with Crippen molar-refractivity contribution in [3.05, 3.63) is 24.3 Å². The lowest BCUT2D eigenvalue weighted by atomic mass is 10.0. The Morgan fingerprint density at radius 1 is 1.03 bits per heavy atom. The number of carbonyl (C=O) groups is 1. The molecule has 2 fully saturated rings. The van der Waals surface area contributed by atoms with Gasteiger partial charge in [-0.15, -0.1) is 0 Å². The lowest BCUT2D eigenvalue weighted by molar-refractivity contribution is -0.152. The Bertz CT molecular complexity index is 784. The standard InChI is InChI=1S/C21H32N2O6S/c1-17(2)20(22-9-3-4-10-22)21(24)29-16-15-28-18-5-7-19(8-6-18)30(25,26)23-11-13-27-14-12-23/h5-8,17,20H,3-4,9-16H2,1-2H3/t20-/m0/s1. The van der Waals surface area contributed by atoms with Crippen LogP contribution < -0.4 is 4.74 Å². The molecule has 8 nitrogen and oxygen atoms in total. The second-order valence-corrected chi connectivity index (χ2v) is 9.87. The molecule has 2 aliphatic heterocycles. The van der Waals surface area contributed by atoms with E-state index in [0.29, 0.717) is 32.1 Å². The molecule has 0 N–H and O–H groups in total.